The number of urea groups is 1. The Balaban J connectivity index is 1.41. The minimum atomic E-state index is -0.834. The number of carbonyl (C=O) groups is 3. The summed E-state index contributed by atoms with van der Waals surface area (Å²) in [6.45, 7) is 8.99. The first-order valence-electron chi connectivity index (χ1n) is 10.7. The van der Waals surface area contributed by atoms with E-state index in [1.165, 1.54) is 23.2 Å². The van der Waals surface area contributed by atoms with Crippen molar-refractivity contribution in [1.82, 2.24) is 25.1 Å². The van der Waals surface area contributed by atoms with E-state index in [0.29, 0.717) is 31.1 Å². The molecule has 170 valence electrons. The van der Waals surface area contributed by atoms with Gasteiger partial charge in [-0.25, -0.2) is 9.78 Å². The molecule has 4 heterocycles. The molecule has 0 saturated carbocycles. The molecule has 1 spiro atoms. The van der Waals surface area contributed by atoms with Crippen LogP contribution in [0.15, 0.2) is 18.3 Å². The van der Waals surface area contributed by atoms with E-state index in [2.05, 4.69) is 32.4 Å². The van der Waals surface area contributed by atoms with E-state index in [1.54, 1.807) is 6.20 Å². The van der Waals surface area contributed by atoms with E-state index >= 15 is 0 Å². The number of nitrogens with one attached hydrogen (secondary N) is 2. The molecule has 0 unspecified atom stereocenters. The predicted molar refractivity (Wildman–Crippen MR) is 121 cm³/mol. The minimum absolute atomic E-state index is 0.110. The molecule has 2 aromatic heterocycles. The zero-order valence-electron chi connectivity index (χ0n) is 18.8. The number of hydrogen-bond donors (Lipinski definition) is 2. The molecule has 2 aliphatic heterocycles. The van der Waals surface area contributed by atoms with E-state index in [4.69, 9.17) is 0 Å². The first kappa shape index (κ1) is 22.3. The summed E-state index contributed by atoms with van der Waals surface area (Å²) in [5, 5.41) is 6.28. The van der Waals surface area contributed by atoms with Gasteiger partial charge >= 0.3 is 6.03 Å². The van der Waals surface area contributed by atoms with Gasteiger partial charge in [0.15, 0.2) is 5.13 Å². The highest BCUT2D eigenvalue weighted by atomic mass is 32.1. The average molecular weight is 457 g/mol. The molecule has 0 aromatic carbocycles. The van der Waals surface area contributed by atoms with Gasteiger partial charge in [-0.3, -0.25) is 24.4 Å². The van der Waals surface area contributed by atoms with Crippen molar-refractivity contribution in [3.8, 4) is 0 Å². The van der Waals surface area contributed by atoms with E-state index in [0.717, 1.165) is 21.8 Å². The highest BCUT2D eigenvalue weighted by Crippen LogP contribution is 2.35. The topological polar surface area (TPSA) is 108 Å². The van der Waals surface area contributed by atoms with Gasteiger partial charge in [-0.15, -0.1) is 11.3 Å². The van der Waals surface area contributed by atoms with Crippen molar-refractivity contribution >= 4 is 34.3 Å². The van der Waals surface area contributed by atoms with Crippen LogP contribution in [0.3, 0.4) is 0 Å². The first-order valence-corrected chi connectivity index (χ1v) is 11.5. The van der Waals surface area contributed by atoms with Crippen LogP contribution in [0.5, 0.6) is 0 Å². The van der Waals surface area contributed by atoms with Gasteiger partial charge in [0, 0.05) is 48.5 Å². The van der Waals surface area contributed by atoms with Crippen molar-refractivity contribution in [2.24, 2.45) is 0 Å². The average Bonchev–Trinajstić information content (AvgIpc) is 3.26. The molecule has 4 rings (SSSR count). The molecular weight excluding hydrogens is 428 g/mol. The summed E-state index contributed by atoms with van der Waals surface area (Å²) >= 11 is 1.46. The van der Waals surface area contributed by atoms with Gasteiger partial charge in [0.25, 0.3) is 5.91 Å². The number of thiazole rings is 1. The predicted octanol–water partition coefficient (Wildman–Crippen LogP) is 2.76. The molecule has 2 N–H and O–H groups in total. The summed E-state index contributed by atoms with van der Waals surface area (Å²) < 4.78 is 0. The Morgan fingerprint density at radius 3 is 2.53 bits per heavy atom. The fraction of sp³-hybridized carbons (Fsp3) is 0.500. The highest BCUT2D eigenvalue weighted by Gasteiger charge is 2.52. The summed E-state index contributed by atoms with van der Waals surface area (Å²) in [6.07, 6.45) is 2.91. The number of aromatic nitrogens is 2. The maximum absolute atomic E-state index is 13.3. The van der Waals surface area contributed by atoms with Crippen molar-refractivity contribution in [3.63, 3.8) is 0 Å². The van der Waals surface area contributed by atoms with Crippen molar-refractivity contribution in [2.45, 2.75) is 58.7 Å². The number of carbonyl (C=O) groups excluding carboxylic acids is 3. The maximum atomic E-state index is 13.3. The van der Waals surface area contributed by atoms with Crippen LogP contribution in [-0.2, 0) is 16.1 Å². The summed E-state index contributed by atoms with van der Waals surface area (Å²) in [6, 6.07) is 3.60. The third kappa shape index (κ3) is 4.37. The van der Waals surface area contributed by atoms with Crippen molar-refractivity contribution in [3.05, 3.63) is 40.2 Å². The lowest BCUT2D eigenvalue weighted by Crippen LogP contribution is -2.55. The Labute approximate surface area is 191 Å². The third-order valence-corrected chi connectivity index (χ3v) is 7.23. The van der Waals surface area contributed by atoms with Crippen molar-refractivity contribution in [1.29, 1.82) is 0 Å². The molecule has 0 aliphatic carbocycles. The molecule has 10 heteroatoms. The normalized spacial score (nSPS) is 19.3. The van der Waals surface area contributed by atoms with Crippen LogP contribution in [0, 0.1) is 13.8 Å². The van der Waals surface area contributed by atoms with Gasteiger partial charge < -0.3 is 10.6 Å². The van der Waals surface area contributed by atoms with E-state index in [1.807, 2.05) is 26.0 Å². The monoisotopic (exact) mass is 456 g/mol. The third-order valence-electron chi connectivity index (χ3n) is 6.15. The maximum Gasteiger partial charge on any atom is 0.325 e. The zero-order chi connectivity index (χ0) is 23.0. The Morgan fingerprint density at radius 1 is 1.25 bits per heavy atom. The van der Waals surface area contributed by atoms with E-state index in [-0.39, 0.29) is 30.4 Å². The largest absolute Gasteiger partial charge is 0.325 e. The number of amides is 4. The number of aryl methyl sites for hydroxylation is 2. The Bertz CT molecular complexity index is 1040. The fourth-order valence-electron chi connectivity index (χ4n) is 4.51. The lowest BCUT2D eigenvalue weighted by Gasteiger charge is -2.39. The molecule has 2 fully saturated rings. The van der Waals surface area contributed by atoms with Crippen LogP contribution < -0.4 is 10.6 Å². The van der Waals surface area contributed by atoms with Gasteiger partial charge in [0.2, 0.25) is 5.91 Å². The molecular formula is C22H28N6O3S. The van der Waals surface area contributed by atoms with Crippen molar-refractivity contribution in [2.75, 3.05) is 18.4 Å². The number of anilines is 1. The number of rotatable bonds is 5. The van der Waals surface area contributed by atoms with E-state index < -0.39 is 5.54 Å². The van der Waals surface area contributed by atoms with Gasteiger partial charge in [-0.05, 0) is 51.3 Å². The minimum Gasteiger partial charge on any atom is -0.323 e. The quantitative estimate of drug-likeness (QED) is 0.670. The number of imide groups is 1. The standard InChI is InChI=1S/C22H28N6O3S/c1-13-9-17(10-14(2)24-13)12-28-19(30)22(26-21(28)31)5-7-27(8-6-22)15(3)18-11-23-20(32-18)25-16(4)29/h9-11,15H,5-8,12H2,1-4H3,(H,26,31)(H,23,25,29)/t15-/m1/s1. The van der Waals surface area contributed by atoms with Crippen LogP contribution in [0.1, 0.15) is 54.6 Å². The van der Waals surface area contributed by atoms with Gasteiger partial charge in [0.05, 0.1) is 6.54 Å². The molecule has 2 aromatic rings. The number of pyridine rings is 1. The Morgan fingerprint density at radius 2 is 1.91 bits per heavy atom. The summed E-state index contributed by atoms with van der Waals surface area (Å²) in [7, 11) is 0. The number of hydrogen-bond acceptors (Lipinski definition) is 7. The Hall–Kier alpha value is -2.85. The number of likely N-dealkylation sites (tertiary alicyclic amines) is 1. The van der Waals surface area contributed by atoms with Gasteiger partial charge in [0.1, 0.15) is 5.54 Å². The molecule has 9 nitrogen and oxygen atoms in total. The summed E-state index contributed by atoms with van der Waals surface area (Å²) in [5.41, 5.74) is 1.81. The molecule has 0 radical (unpaired) electrons. The highest BCUT2D eigenvalue weighted by molar-refractivity contribution is 7.15. The van der Waals surface area contributed by atoms with E-state index in [9.17, 15) is 14.4 Å². The van der Waals surface area contributed by atoms with Crippen LogP contribution in [0.2, 0.25) is 0 Å². The van der Waals surface area contributed by atoms with Crippen molar-refractivity contribution < 1.29 is 14.4 Å². The second-order valence-electron chi connectivity index (χ2n) is 8.62. The lowest BCUT2D eigenvalue weighted by atomic mass is 9.87. The zero-order valence-corrected chi connectivity index (χ0v) is 19.6. The molecule has 2 saturated heterocycles. The van der Waals surface area contributed by atoms with Crippen LogP contribution in [-0.4, -0.2) is 56.2 Å². The smallest absolute Gasteiger partial charge is 0.323 e. The van der Waals surface area contributed by atoms with Gasteiger partial charge in [-0.2, -0.15) is 0 Å². The van der Waals surface area contributed by atoms with Crippen LogP contribution in [0.4, 0.5) is 9.93 Å². The number of nitrogens with zero attached hydrogens (tertiary/aromatic N) is 4. The molecule has 4 amide bonds. The Kier molecular flexibility index (Phi) is 6.00. The summed E-state index contributed by atoms with van der Waals surface area (Å²) in [5.74, 6) is -0.289. The molecule has 32 heavy (non-hydrogen) atoms. The van der Waals surface area contributed by atoms with Crippen LogP contribution >= 0.6 is 11.3 Å². The lowest BCUT2D eigenvalue weighted by molar-refractivity contribution is -0.133. The second kappa shape index (κ2) is 8.59. The number of piperidine rings is 1. The SMILES string of the molecule is CC(=O)Nc1ncc([C@@H](C)N2CCC3(CC2)NC(=O)N(Cc2cc(C)nc(C)c2)C3=O)s1. The fourth-order valence-corrected chi connectivity index (χ4v) is 5.46. The van der Waals surface area contributed by atoms with Gasteiger partial charge in [-0.1, -0.05) is 0 Å². The van der Waals surface area contributed by atoms with Crippen LogP contribution in [0.25, 0.3) is 0 Å². The molecule has 1 atom stereocenters. The molecule has 2 aliphatic rings. The molecule has 0 bridgehead atoms. The second-order valence-corrected chi connectivity index (χ2v) is 9.68. The summed E-state index contributed by atoms with van der Waals surface area (Å²) in [4.78, 5) is 50.5. The first-order chi connectivity index (χ1) is 15.2.